The first-order valence-electron chi connectivity index (χ1n) is 7.32. The van der Waals surface area contributed by atoms with Gasteiger partial charge in [0.15, 0.2) is 0 Å². The molecule has 5 nitrogen and oxygen atoms in total. The average molecular weight is 360 g/mol. The van der Waals surface area contributed by atoms with Gasteiger partial charge in [-0.05, 0) is 24.6 Å². The van der Waals surface area contributed by atoms with E-state index in [0.717, 1.165) is 12.1 Å². The van der Waals surface area contributed by atoms with Crippen molar-refractivity contribution in [3.05, 3.63) is 29.8 Å². The molecule has 1 saturated heterocycles. The van der Waals surface area contributed by atoms with Crippen LogP contribution in [0.25, 0.3) is 0 Å². The highest BCUT2D eigenvalue weighted by molar-refractivity contribution is 6.76. The van der Waals surface area contributed by atoms with Crippen LogP contribution in [0, 0.1) is 0 Å². The number of halogens is 3. The molecule has 1 aliphatic rings. The molecule has 1 unspecified atom stereocenters. The Morgan fingerprint density at radius 3 is 2.17 bits per heavy atom. The number of imide groups is 1. The number of ether oxygens (including phenoxy) is 1. The predicted octanol–water partition coefficient (Wildman–Crippen LogP) is 3.23. The second-order valence-corrected chi connectivity index (χ2v) is 12.5. The van der Waals surface area contributed by atoms with E-state index in [4.69, 9.17) is 0 Å². The minimum atomic E-state index is -4.78. The lowest BCUT2D eigenvalue weighted by atomic mass is 9.92. The zero-order valence-corrected chi connectivity index (χ0v) is 14.8. The van der Waals surface area contributed by atoms with Crippen LogP contribution in [0.1, 0.15) is 12.5 Å². The summed E-state index contributed by atoms with van der Waals surface area (Å²) in [7, 11) is -1.71. The quantitative estimate of drug-likeness (QED) is 0.662. The Morgan fingerprint density at radius 1 is 1.17 bits per heavy atom. The van der Waals surface area contributed by atoms with Gasteiger partial charge in [0.25, 0.3) is 5.91 Å². The topological polar surface area (TPSA) is 58.6 Å². The number of carbonyl (C=O) groups excluding carboxylic acids is 2. The second-order valence-electron chi connectivity index (χ2n) is 7.08. The van der Waals surface area contributed by atoms with Gasteiger partial charge in [0.1, 0.15) is 11.3 Å². The van der Waals surface area contributed by atoms with Gasteiger partial charge in [-0.15, -0.1) is 13.2 Å². The summed E-state index contributed by atoms with van der Waals surface area (Å²) in [6.07, 6.45) is -4.40. The summed E-state index contributed by atoms with van der Waals surface area (Å²) in [5, 5.41) is 2.63. The number of carbonyl (C=O) groups is 2. The van der Waals surface area contributed by atoms with Gasteiger partial charge in [-0.3, -0.25) is 9.69 Å². The Kier molecular flexibility index (Phi) is 4.42. The number of amides is 3. The second kappa shape index (κ2) is 5.80. The summed E-state index contributed by atoms with van der Waals surface area (Å²) >= 11 is 0. The summed E-state index contributed by atoms with van der Waals surface area (Å²) in [6.45, 7) is 7.64. The fourth-order valence-electron chi connectivity index (χ4n) is 2.50. The molecule has 0 bridgehead atoms. The molecule has 0 aromatic heterocycles. The van der Waals surface area contributed by atoms with Crippen molar-refractivity contribution < 1.29 is 27.5 Å². The van der Waals surface area contributed by atoms with Crippen molar-refractivity contribution >= 4 is 20.0 Å². The van der Waals surface area contributed by atoms with E-state index in [-0.39, 0.29) is 5.75 Å². The van der Waals surface area contributed by atoms with Gasteiger partial charge in [-0.25, -0.2) is 4.79 Å². The van der Waals surface area contributed by atoms with E-state index in [1.165, 1.54) is 24.0 Å². The highest BCUT2D eigenvalue weighted by Gasteiger charge is 2.49. The van der Waals surface area contributed by atoms with Gasteiger partial charge >= 0.3 is 12.4 Å². The van der Waals surface area contributed by atoms with Crippen LogP contribution in [0.3, 0.4) is 0 Å². The maximum atomic E-state index is 12.7. The molecule has 1 aromatic carbocycles. The van der Waals surface area contributed by atoms with Gasteiger partial charge in [0.2, 0.25) is 0 Å². The molecule has 1 fully saturated rings. The highest BCUT2D eigenvalue weighted by atomic mass is 28.3. The minimum absolute atomic E-state index is 0.378. The molecule has 0 spiro atoms. The minimum Gasteiger partial charge on any atom is -0.406 e. The summed E-state index contributed by atoms with van der Waals surface area (Å²) in [4.78, 5) is 26.0. The summed E-state index contributed by atoms with van der Waals surface area (Å²) in [5.41, 5.74) is -0.901. The Morgan fingerprint density at radius 2 is 1.71 bits per heavy atom. The maximum Gasteiger partial charge on any atom is 0.573 e. The van der Waals surface area contributed by atoms with Crippen LogP contribution in [0.5, 0.6) is 5.75 Å². The van der Waals surface area contributed by atoms with Gasteiger partial charge in [-0.1, -0.05) is 31.8 Å². The number of nitrogens with one attached hydrogen (secondary N) is 1. The first-order valence-corrected chi connectivity index (χ1v) is 11.0. The standard InChI is InChI=1S/C15H19F3N2O3Si/c1-14(10-5-7-11(8-6-10)23-15(16,17)18)12(21)20(13(22)19-14)9-24(2,3)4/h5-8H,9H2,1-4H3,(H,19,22). The Bertz CT molecular complexity index is 655. The van der Waals surface area contributed by atoms with Gasteiger partial charge < -0.3 is 10.1 Å². The zero-order chi connectivity index (χ0) is 18.3. The third kappa shape index (κ3) is 3.89. The lowest BCUT2D eigenvalue weighted by Crippen LogP contribution is -2.45. The number of hydrogen-bond acceptors (Lipinski definition) is 3. The predicted molar refractivity (Wildman–Crippen MR) is 84.1 cm³/mol. The fraction of sp³-hybridized carbons (Fsp3) is 0.467. The molecule has 0 aliphatic carbocycles. The SMILES string of the molecule is CC1(c2ccc(OC(F)(F)F)cc2)NC(=O)N(C[Si](C)(C)C)C1=O. The summed E-state index contributed by atoms with van der Waals surface area (Å²) in [5.74, 6) is -0.787. The molecule has 0 saturated carbocycles. The summed E-state index contributed by atoms with van der Waals surface area (Å²) in [6, 6.07) is 4.44. The molecule has 1 aliphatic heterocycles. The molecule has 2 rings (SSSR count). The number of nitrogens with zero attached hydrogens (tertiary/aromatic N) is 1. The molecular formula is C15H19F3N2O3Si. The van der Waals surface area contributed by atoms with Crippen LogP contribution in [0.4, 0.5) is 18.0 Å². The Labute approximate surface area is 138 Å². The highest BCUT2D eigenvalue weighted by Crippen LogP contribution is 2.31. The van der Waals surface area contributed by atoms with Crippen molar-refractivity contribution in [1.82, 2.24) is 10.2 Å². The van der Waals surface area contributed by atoms with E-state index in [2.05, 4.69) is 10.1 Å². The molecule has 1 aromatic rings. The Hall–Kier alpha value is -2.03. The summed E-state index contributed by atoms with van der Waals surface area (Å²) < 4.78 is 40.4. The number of hydrogen-bond donors (Lipinski definition) is 1. The largest absolute Gasteiger partial charge is 0.573 e. The number of benzene rings is 1. The third-order valence-corrected chi connectivity index (χ3v) is 4.84. The normalized spacial score (nSPS) is 21.9. The van der Waals surface area contributed by atoms with Crippen LogP contribution < -0.4 is 10.1 Å². The number of alkyl halides is 3. The molecule has 9 heteroatoms. The zero-order valence-electron chi connectivity index (χ0n) is 13.8. The van der Waals surface area contributed by atoms with E-state index in [9.17, 15) is 22.8 Å². The lowest BCUT2D eigenvalue weighted by molar-refractivity contribution is -0.274. The van der Waals surface area contributed by atoms with Crippen LogP contribution >= 0.6 is 0 Å². The molecule has 1 heterocycles. The number of rotatable bonds is 4. The van der Waals surface area contributed by atoms with Crippen LogP contribution in [0.15, 0.2) is 24.3 Å². The van der Waals surface area contributed by atoms with E-state index < -0.39 is 31.9 Å². The molecule has 0 radical (unpaired) electrons. The van der Waals surface area contributed by atoms with Gasteiger partial charge in [0, 0.05) is 6.17 Å². The van der Waals surface area contributed by atoms with E-state index in [1.54, 1.807) is 0 Å². The monoisotopic (exact) mass is 360 g/mol. The molecule has 1 N–H and O–H groups in total. The molecule has 1 atom stereocenters. The molecule has 3 amide bonds. The van der Waals surface area contributed by atoms with Crippen molar-refractivity contribution in [2.75, 3.05) is 6.17 Å². The van der Waals surface area contributed by atoms with Crippen molar-refractivity contribution in [2.45, 2.75) is 38.5 Å². The van der Waals surface area contributed by atoms with Gasteiger partial charge in [0.05, 0.1) is 8.07 Å². The third-order valence-electron chi connectivity index (χ3n) is 3.57. The maximum absolute atomic E-state index is 12.7. The van der Waals surface area contributed by atoms with Crippen LogP contribution in [-0.4, -0.2) is 37.4 Å². The smallest absolute Gasteiger partial charge is 0.406 e. The Balaban J connectivity index is 2.25. The van der Waals surface area contributed by atoms with E-state index >= 15 is 0 Å². The average Bonchev–Trinajstić information content (AvgIpc) is 2.61. The fourth-order valence-corrected chi connectivity index (χ4v) is 3.74. The van der Waals surface area contributed by atoms with Gasteiger partial charge in [-0.2, -0.15) is 0 Å². The van der Waals surface area contributed by atoms with Crippen molar-refractivity contribution in [3.63, 3.8) is 0 Å². The first kappa shape index (κ1) is 18.3. The van der Waals surface area contributed by atoms with Crippen molar-refractivity contribution in [1.29, 1.82) is 0 Å². The van der Waals surface area contributed by atoms with Crippen molar-refractivity contribution in [3.8, 4) is 5.75 Å². The van der Waals surface area contributed by atoms with Crippen LogP contribution in [-0.2, 0) is 10.3 Å². The molecule has 24 heavy (non-hydrogen) atoms. The van der Waals surface area contributed by atoms with Crippen LogP contribution in [0.2, 0.25) is 19.6 Å². The molecule has 132 valence electrons. The van der Waals surface area contributed by atoms with Crippen molar-refractivity contribution in [2.24, 2.45) is 0 Å². The molecular weight excluding hydrogens is 341 g/mol. The number of urea groups is 1. The van der Waals surface area contributed by atoms with E-state index in [0.29, 0.717) is 11.7 Å². The van der Waals surface area contributed by atoms with E-state index in [1.807, 2.05) is 19.6 Å². The lowest BCUT2D eigenvalue weighted by Gasteiger charge is -2.25. The first-order chi connectivity index (χ1) is 10.8.